The van der Waals surface area contributed by atoms with Gasteiger partial charge in [-0.2, -0.15) is 0 Å². The molecule has 0 aromatic carbocycles. The molecule has 1 fully saturated rings. The van der Waals surface area contributed by atoms with E-state index in [0.717, 1.165) is 6.54 Å². The zero-order chi connectivity index (χ0) is 19.2. The zero-order valence-electron chi connectivity index (χ0n) is 15.8. The fourth-order valence-electron chi connectivity index (χ4n) is 3.55. The van der Waals surface area contributed by atoms with Crippen molar-refractivity contribution in [3.8, 4) is 0 Å². The first-order valence-electron chi connectivity index (χ1n) is 9.72. The molecule has 1 aliphatic carbocycles. The lowest BCUT2D eigenvalue weighted by Crippen LogP contribution is -2.36. The third-order valence-corrected chi connectivity index (χ3v) is 5.13. The summed E-state index contributed by atoms with van der Waals surface area (Å²) in [4.78, 5) is 44.8. The highest BCUT2D eigenvalue weighted by Gasteiger charge is 2.13. The Bertz CT molecular complexity index is 889. The van der Waals surface area contributed by atoms with E-state index in [2.05, 4.69) is 25.6 Å². The monoisotopic (exact) mass is 376 g/mol. The Morgan fingerprint density at radius 2 is 1.89 bits per heavy atom. The number of fused-ring (bicyclic) bond motifs is 1. The van der Waals surface area contributed by atoms with Crippen molar-refractivity contribution in [2.75, 3.05) is 13.1 Å². The number of imidazole rings is 1. The van der Waals surface area contributed by atoms with Crippen molar-refractivity contribution in [3.63, 3.8) is 0 Å². The summed E-state index contributed by atoms with van der Waals surface area (Å²) >= 11 is 0. The molecule has 0 spiro atoms. The van der Waals surface area contributed by atoms with E-state index in [1.54, 1.807) is 7.05 Å². The van der Waals surface area contributed by atoms with Crippen LogP contribution in [0.15, 0.2) is 9.59 Å². The summed E-state index contributed by atoms with van der Waals surface area (Å²) in [6.07, 6.45) is 8.34. The molecule has 27 heavy (non-hydrogen) atoms. The quantitative estimate of drug-likeness (QED) is 0.409. The molecule has 2 aromatic heterocycles. The van der Waals surface area contributed by atoms with E-state index in [0.29, 0.717) is 30.5 Å². The molecule has 9 nitrogen and oxygen atoms in total. The van der Waals surface area contributed by atoms with Gasteiger partial charge in [-0.15, -0.1) is 0 Å². The lowest BCUT2D eigenvalue weighted by atomic mass is 10.1. The van der Waals surface area contributed by atoms with Gasteiger partial charge in [0.05, 0.1) is 0 Å². The molecule has 148 valence electrons. The van der Waals surface area contributed by atoms with Crippen LogP contribution in [-0.2, 0) is 18.3 Å². The van der Waals surface area contributed by atoms with Crippen molar-refractivity contribution in [2.45, 2.75) is 57.4 Å². The number of nitrogens with one attached hydrogen (secondary N) is 4. The highest BCUT2D eigenvalue weighted by molar-refractivity contribution is 5.76. The Kier molecular flexibility index (Phi) is 6.44. The Labute approximate surface area is 157 Å². The number of rotatable bonds is 7. The lowest BCUT2D eigenvalue weighted by molar-refractivity contribution is -0.121. The second-order valence-electron chi connectivity index (χ2n) is 7.19. The number of hydrogen-bond acceptors (Lipinski definition) is 5. The maximum atomic E-state index is 12.0. The van der Waals surface area contributed by atoms with Crippen LogP contribution in [0.2, 0.25) is 0 Å². The first-order chi connectivity index (χ1) is 13.0. The number of aromatic nitrogens is 4. The van der Waals surface area contributed by atoms with E-state index in [1.165, 1.54) is 43.1 Å². The van der Waals surface area contributed by atoms with E-state index in [9.17, 15) is 14.4 Å². The Morgan fingerprint density at radius 3 is 2.63 bits per heavy atom. The fraction of sp³-hybridized carbons (Fsp3) is 0.667. The number of hydrogen-bond donors (Lipinski definition) is 4. The summed E-state index contributed by atoms with van der Waals surface area (Å²) < 4.78 is 1.27. The third-order valence-electron chi connectivity index (χ3n) is 5.13. The minimum absolute atomic E-state index is 0.0547. The van der Waals surface area contributed by atoms with Gasteiger partial charge in [0.25, 0.3) is 5.56 Å². The molecule has 1 amide bonds. The molecule has 2 aromatic rings. The number of carbonyl (C=O) groups is 1. The van der Waals surface area contributed by atoms with E-state index in [-0.39, 0.29) is 17.8 Å². The largest absolute Gasteiger partial charge is 0.355 e. The Hall–Kier alpha value is -2.42. The number of nitrogens with zero attached hydrogens (tertiary/aromatic N) is 2. The maximum absolute atomic E-state index is 12.0. The van der Waals surface area contributed by atoms with Gasteiger partial charge in [-0.25, -0.2) is 9.78 Å². The molecule has 9 heteroatoms. The molecular weight excluding hydrogens is 348 g/mol. The van der Waals surface area contributed by atoms with Crippen molar-refractivity contribution in [2.24, 2.45) is 7.05 Å². The van der Waals surface area contributed by atoms with Gasteiger partial charge in [-0.05, 0) is 12.8 Å². The predicted molar refractivity (Wildman–Crippen MR) is 103 cm³/mol. The van der Waals surface area contributed by atoms with E-state index >= 15 is 0 Å². The summed E-state index contributed by atoms with van der Waals surface area (Å²) in [5.74, 6) is 0.462. The van der Waals surface area contributed by atoms with E-state index in [4.69, 9.17) is 0 Å². The molecule has 0 saturated heterocycles. The topological polar surface area (TPSA) is 125 Å². The van der Waals surface area contributed by atoms with Gasteiger partial charge in [-0.3, -0.25) is 19.1 Å². The molecule has 1 aliphatic rings. The average Bonchev–Trinajstić information content (AvgIpc) is 2.92. The second-order valence-corrected chi connectivity index (χ2v) is 7.19. The van der Waals surface area contributed by atoms with Gasteiger partial charge >= 0.3 is 5.69 Å². The molecule has 0 aliphatic heterocycles. The van der Waals surface area contributed by atoms with Crippen molar-refractivity contribution in [3.05, 3.63) is 26.7 Å². The Balaban J connectivity index is 1.43. The third kappa shape index (κ3) is 5.06. The van der Waals surface area contributed by atoms with Crippen molar-refractivity contribution < 1.29 is 4.79 Å². The number of H-pyrrole nitrogens is 2. The first kappa shape index (κ1) is 19.3. The molecule has 0 bridgehead atoms. The van der Waals surface area contributed by atoms with Crippen LogP contribution < -0.4 is 21.9 Å². The van der Waals surface area contributed by atoms with Crippen molar-refractivity contribution in [1.82, 2.24) is 30.2 Å². The van der Waals surface area contributed by atoms with Crippen LogP contribution in [0.4, 0.5) is 0 Å². The van der Waals surface area contributed by atoms with Crippen LogP contribution in [0.1, 0.15) is 50.8 Å². The fourth-order valence-corrected chi connectivity index (χ4v) is 3.55. The normalized spacial score (nSPS) is 15.7. The van der Waals surface area contributed by atoms with Gasteiger partial charge in [0.1, 0.15) is 11.3 Å². The molecule has 0 atom stereocenters. The molecule has 1 saturated carbocycles. The van der Waals surface area contributed by atoms with Crippen LogP contribution in [0, 0.1) is 0 Å². The molecule has 3 rings (SSSR count). The minimum Gasteiger partial charge on any atom is -0.355 e. The van der Waals surface area contributed by atoms with Crippen molar-refractivity contribution >= 4 is 17.1 Å². The lowest BCUT2D eigenvalue weighted by Gasteiger charge is -2.16. The predicted octanol–water partition coefficient (Wildman–Crippen LogP) is 0.311. The molecule has 0 unspecified atom stereocenters. The SMILES string of the molecule is Cn1c(=O)[nH]c(=O)c2[nH]c(CCC(=O)NCCNC3CCCCCC3)nc21. The number of carbonyl (C=O) groups excluding carboxylic acids is 1. The molecule has 4 N–H and O–H groups in total. The van der Waals surface area contributed by atoms with Gasteiger partial charge in [0, 0.05) is 39.0 Å². The minimum atomic E-state index is -0.510. The van der Waals surface area contributed by atoms with E-state index < -0.39 is 11.2 Å². The maximum Gasteiger partial charge on any atom is 0.329 e. The highest BCUT2D eigenvalue weighted by atomic mass is 16.2. The van der Waals surface area contributed by atoms with Gasteiger partial charge in [-0.1, -0.05) is 25.7 Å². The van der Waals surface area contributed by atoms with Crippen LogP contribution in [-0.4, -0.2) is 44.6 Å². The van der Waals surface area contributed by atoms with Gasteiger partial charge < -0.3 is 15.6 Å². The molecule has 2 heterocycles. The van der Waals surface area contributed by atoms with Gasteiger partial charge in [0.2, 0.25) is 5.91 Å². The summed E-state index contributed by atoms with van der Waals surface area (Å²) in [5, 5.41) is 6.43. The summed E-state index contributed by atoms with van der Waals surface area (Å²) in [5.41, 5.74) is -0.461. The number of aromatic amines is 2. The summed E-state index contributed by atoms with van der Waals surface area (Å²) in [6, 6.07) is 0.574. The smallest absolute Gasteiger partial charge is 0.329 e. The highest BCUT2D eigenvalue weighted by Crippen LogP contribution is 2.16. The molecule has 0 radical (unpaired) electrons. The van der Waals surface area contributed by atoms with Crippen LogP contribution in [0.25, 0.3) is 11.2 Å². The van der Waals surface area contributed by atoms with Crippen molar-refractivity contribution in [1.29, 1.82) is 0 Å². The van der Waals surface area contributed by atoms with E-state index in [1.807, 2.05) is 0 Å². The number of amides is 1. The standard InChI is InChI=1S/C18H28N6O3/c1-24-16-15(17(26)23-18(24)27)21-13(22-16)8-9-14(25)20-11-10-19-12-6-4-2-3-5-7-12/h12,19H,2-11H2,1H3,(H,20,25)(H,21,22)(H,23,26,27). The van der Waals surface area contributed by atoms with Crippen LogP contribution >= 0.6 is 0 Å². The second kappa shape index (κ2) is 8.98. The first-order valence-corrected chi connectivity index (χ1v) is 9.72. The van der Waals surface area contributed by atoms with Crippen LogP contribution in [0.5, 0.6) is 0 Å². The zero-order valence-corrected chi connectivity index (χ0v) is 15.8. The molecular formula is C18H28N6O3. The Morgan fingerprint density at radius 1 is 1.15 bits per heavy atom. The average molecular weight is 376 g/mol. The van der Waals surface area contributed by atoms with Crippen LogP contribution in [0.3, 0.4) is 0 Å². The van der Waals surface area contributed by atoms with Gasteiger partial charge in [0.15, 0.2) is 5.65 Å². The summed E-state index contributed by atoms with van der Waals surface area (Å²) in [7, 11) is 1.54. The number of aryl methyl sites for hydroxylation is 2. The summed E-state index contributed by atoms with van der Waals surface area (Å²) in [6.45, 7) is 1.38.